The van der Waals surface area contributed by atoms with Crippen molar-refractivity contribution in [3.05, 3.63) is 30.1 Å². The van der Waals surface area contributed by atoms with E-state index in [9.17, 15) is 9.90 Å². The van der Waals surface area contributed by atoms with Gasteiger partial charge in [-0.3, -0.25) is 9.89 Å². The van der Waals surface area contributed by atoms with E-state index in [0.717, 1.165) is 0 Å². The van der Waals surface area contributed by atoms with Gasteiger partial charge in [0.25, 0.3) is 5.91 Å². The second-order valence-corrected chi connectivity index (χ2v) is 2.93. The van der Waals surface area contributed by atoms with E-state index < -0.39 is 5.91 Å². The molecule has 0 fully saturated rings. The molecule has 0 bridgehead atoms. The van der Waals surface area contributed by atoms with Crippen molar-refractivity contribution >= 4 is 5.91 Å². The molecule has 1 aromatic carbocycles. The quantitative estimate of drug-likeness (QED) is 0.653. The van der Waals surface area contributed by atoms with Gasteiger partial charge in [-0.1, -0.05) is 6.07 Å². The van der Waals surface area contributed by atoms with Crippen LogP contribution in [0.5, 0.6) is 5.75 Å². The maximum atomic E-state index is 10.8. The van der Waals surface area contributed by atoms with Crippen molar-refractivity contribution in [2.45, 2.75) is 0 Å². The zero-order chi connectivity index (χ0) is 10.8. The Bertz CT molecular complexity index is 493. The van der Waals surface area contributed by atoms with Gasteiger partial charge in [-0.15, -0.1) is 0 Å². The van der Waals surface area contributed by atoms with Gasteiger partial charge < -0.3 is 10.8 Å². The molecule has 6 heteroatoms. The lowest BCUT2D eigenvalue weighted by atomic mass is 10.1. The average Bonchev–Trinajstić information content (AvgIpc) is 2.69. The fourth-order valence-corrected chi connectivity index (χ4v) is 1.23. The number of amides is 1. The van der Waals surface area contributed by atoms with Crippen LogP contribution in [0.3, 0.4) is 0 Å². The van der Waals surface area contributed by atoms with Crippen LogP contribution in [0, 0.1) is 0 Å². The fraction of sp³-hybridized carbons (Fsp3) is 0. The summed E-state index contributed by atoms with van der Waals surface area (Å²) in [5, 5.41) is 15.8. The number of benzene rings is 1. The Labute approximate surface area is 84.8 Å². The molecular formula is C9H8N4O2. The molecule has 0 saturated carbocycles. The summed E-state index contributed by atoms with van der Waals surface area (Å²) in [6, 6.07) is 4.47. The third kappa shape index (κ3) is 1.64. The smallest absolute Gasteiger partial charge is 0.252 e. The van der Waals surface area contributed by atoms with Crippen LogP contribution in [-0.2, 0) is 0 Å². The van der Waals surface area contributed by atoms with Gasteiger partial charge in [0.1, 0.15) is 12.1 Å². The number of phenols is 1. The lowest BCUT2D eigenvalue weighted by Crippen LogP contribution is -2.10. The van der Waals surface area contributed by atoms with Crippen LogP contribution in [0.2, 0.25) is 0 Å². The van der Waals surface area contributed by atoms with Gasteiger partial charge in [0.2, 0.25) is 0 Å². The number of rotatable bonds is 2. The number of nitrogens with zero attached hydrogens (tertiary/aromatic N) is 2. The Kier molecular flexibility index (Phi) is 2.09. The Morgan fingerprint density at radius 1 is 1.47 bits per heavy atom. The number of hydrogen-bond donors (Lipinski definition) is 3. The van der Waals surface area contributed by atoms with Gasteiger partial charge in [0, 0.05) is 5.56 Å². The van der Waals surface area contributed by atoms with E-state index in [2.05, 4.69) is 15.2 Å². The highest BCUT2D eigenvalue weighted by atomic mass is 16.3. The van der Waals surface area contributed by atoms with Gasteiger partial charge in [0.15, 0.2) is 5.82 Å². The summed E-state index contributed by atoms with van der Waals surface area (Å²) in [4.78, 5) is 14.8. The number of H-pyrrole nitrogens is 1. The average molecular weight is 204 g/mol. The van der Waals surface area contributed by atoms with Crippen LogP contribution in [-0.4, -0.2) is 26.2 Å². The molecule has 2 aromatic rings. The van der Waals surface area contributed by atoms with Crippen LogP contribution in [0.25, 0.3) is 11.4 Å². The van der Waals surface area contributed by atoms with E-state index in [1.54, 1.807) is 6.07 Å². The molecular weight excluding hydrogens is 196 g/mol. The minimum atomic E-state index is -0.670. The first-order valence-electron chi connectivity index (χ1n) is 4.17. The largest absolute Gasteiger partial charge is 0.507 e. The third-order valence-electron chi connectivity index (χ3n) is 1.95. The molecule has 1 amide bonds. The third-order valence-corrected chi connectivity index (χ3v) is 1.95. The molecule has 0 saturated heterocycles. The summed E-state index contributed by atoms with van der Waals surface area (Å²) < 4.78 is 0. The molecule has 0 radical (unpaired) electrons. The van der Waals surface area contributed by atoms with Crippen LogP contribution in [0.15, 0.2) is 24.5 Å². The second kappa shape index (κ2) is 3.41. The first-order chi connectivity index (χ1) is 7.18. The number of carbonyl (C=O) groups excluding carboxylic acids is 1. The molecule has 76 valence electrons. The van der Waals surface area contributed by atoms with Crippen LogP contribution in [0.1, 0.15) is 10.4 Å². The maximum absolute atomic E-state index is 10.8. The molecule has 1 aromatic heterocycles. The SMILES string of the molecule is NC(=O)c1ccc(-c2ncn[nH]2)cc1O. The Morgan fingerprint density at radius 2 is 2.27 bits per heavy atom. The number of nitrogens with one attached hydrogen (secondary N) is 1. The molecule has 1 heterocycles. The molecule has 2 rings (SSSR count). The van der Waals surface area contributed by atoms with E-state index in [0.29, 0.717) is 11.4 Å². The van der Waals surface area contributed by atoms with Gasteiger partial charge in [0.05, 0.1) is 5.56 Å². The van der Waals surface area contributed by atoms with Gasteiger partial charge in [-0.05, 0) is 12.1 Å². The summed E-state index contributed by atoms with van der Waals surface area (Å²) in [5.74, 6) is -0.325. The van der Waals surface area contributed by atoms with Crippen LogP contribution in [0.4, 0.5) is 0 Å². The summed E-state index contributed by atoms with van der Waals surface area (Å²) >= 11 is 0. The normalized spacial score (nSPS) is 10.1. The van der Waals surface area contributed by atoms with Gasteiger partial charge >= 0.3 is 0 Å². The standard InChI is InChI=1S/C9H8N4O2/c10-8(15)6-2-1-5(3-7(6)14)9-11-4-12-13-9/h1-4,14H,(H2,10,15)(H,11,12,13). The molecule has 0 aliphatic rings. The Morgan fingerprint density at radius 3 is 2.80 bits per heavy atom. The van der Waals surface area contributed by atoms with Crippen LogP contribution >= 0.6 is 0 Å². The summed E-state index contributed by atoms with van der Waals surface area (Å²) in [7, 11) is 0. The number of nitrogens with two attached hydrogens (primary N) is 1. The second-order valence-electron chi connectivity index (χ2n) is 2.93. The number of aromatic nitrogens is 3. The minimum absolute atomic E-state index is 0.0817. The van der Waals surface area contributed by atoms with Crippen molar-refractivity contribution in [3.8, 4) is 17.1 Å². The van der Waals surface area contributed by atoms with Crippen molar-refractivity contribution in [3.63, 3.8) is 0 Å². The van der Waals surface area contributed by atoms with E-state index in [1.165, 1.54) is 18.5 Å². The van der Waals surface area contributed by atoms with Crippen molar-refractivity contribution in [2.24, 2.45) is 5.73 Å². The van der Waals surface area contributed by atoms with E-state index in [-0.39, 0.29) is 11.3 Å². The Hall–Kier alpha value is -2.37. The lowest BCUT2D eigenvalue weighted by molar-refractivity contribution is 0.0998. The Balaban J connectivity index is 2.47. The van der Waals surface area contributed by atoms with Crippen LogP contribution < -0.4 is 5.73 Å². The van der Waals surface area contributed by atoms with Crippen molar-refractivity contribution in [1.29, 1.82) is 0 Å². The molecule has 0 unspecified atom stereocenters. The van der Waals surface area contributed by atoms with Gasteiger partial charge in [-0.25, -0.2) is 4.98 Å². The summed E-state index contributed by atoms with van der Waals surface area (Å²) in [6.45, 7) is 0. The predicted molar refractivity (Wildman–Crippen MR) is 52.0 cm³/mol. The van der Waals surface area contributed by atoms with Crippen molar-refractivity contribution in [1.82, 2.24) is 15.2 Å². The molecule has 4 N–H and O–H groups in total. The zero-order valence-electron chi connectivity index (χ0n) is 7.64. The zero-order valence-corrected chi connectivity index (χ0v) is 7.64. The molecule has 0 aliphatic carbocycles. The lowest BCUT2D eigenvalue weighted by Gasteiger charge is -2.01. The number of aromatic hydroxyl groups is 1. The highest BCUT2D eigenvalue weighted by Gasteiger charge is 2.09. The number of aromatic amines is 1. The van der Waals surface area contributed by atoms with Crippen molar-refractivity contribution in [2.75, 3.05) is 0 Å². The highest BCUT2D eigenvalue weighted by molar-refractivity contribution is 5.96. The number of primary amides is 1. The fourth-order valence-electron chi connectivity index (χ4n) is 1.23. The number of hydrogen-bond acceptors (Lipinski definition) is 4. The van der Waals surface area contributed by atoms with E-state index in [4.69, 9.17) is 5.73 Å². The molecule has 0 aliphatic heterocycles. The monoisotopic (exact) mass is 204 g/mol. The van der Waals surface area contributed by atoms with Crippen molar-refractivity contribution < 1.29 is 9.90 Å². The molecule has 0 atom stereocenters. The molecule has 6 nitrogen and oxygen atoms in total. The topological polar surface area (TPSA) is 105 Å². The first kappa shape index (κ1) is 9.20. The first-order valence-corrected chi connectivity index (χ1v) is 4.17. The van der Waals surface area contributed by atoms with E-state index >= 15 is 0 Å². The molecule has 0 spiro atoms. The maximum Gasteiger partial charge on any atom is 0.252 e. The predicted octanol–water partition coefficient (Wildman–Crippen LogP) is 0.276. The highest BCUT2D eigenvalue weighted by Crippen LogP contribution is 2.23. The minimum Gasteiger partial charge on any atom is -0.507 e. The summed E-state index contributed by atoms with van der Waals surface area (Å²) in [6.07, 6.45) is 1.36. The van der Waals surface area contributed by atoms with E-state index in [1.807, 2.05) is 0 Å². The summed E-state index contributed by atoms with van der Waals surface area (Å²) in [5.41, 5.74) is 5.76. The number of carbonyl (C=O) groups is 1. The molecule has 15 heavy (non-hydrogen) atoms. The van der Waals surface area contributed by atoms with Gasteiger partial charge in [-0.2, -0.15) is 5.10 Å².